The average Bonchev–Trinajstić information content (AvgIpc) is 2.96. The summed E-state index contributed by atoms with van der Waals surface area (Å²) in [5, 5.41) is 7.05. The van der Waals surface area contributed by atoms with E-state index in [-0.39, 0.29) is 23.6 Å². The van der Waals surface area contributed by atoms with Gasteiger partial charge in [0.15, 0.2) is 5.69 Å². The second-order valence-corrected chi connectivity index (χ2v) is 5.55. The summed E-state index contributed by atoms with van der Waals surface area (Å²) in [7, 11) is 1.72. The summed E-state index contributed by atoms with van der Waals surface area (Å²) in [6, 6.07) is -0.0792. The van der Waals surface area contributed by atoms with E-state index >= 15 is 0 Å². The molecule has 1 aliphatic carbocycles. The zero-order chi connectivity index (χ0) is 14.3. The number of hydrogen-bond donors (Lipinski definition) is 2. The number of carbonyl (C=O) groups excluding carboxylic acids is 2. The Morgan fingerprint density at radius 1 is 1.40 bits per heavy atom. The minimum absolute atomic E-state index is 0.0483. The third kappa shape index (κ3) is 2.35. The molecule has 1 aromatic rings. The number of aromatic nitrogens is 2. The Kier molecular flexibility index (Phi) is 3.11. The van der Waals surface area contributed by atoms with Gasteiger partial charge in [-0.15, -0.1) is 0 Å². The van der Waals surface area contributed by atoms with Crippen LogP contribution < -0.4 is 11.1 Å². The molecule has 2 fully saturated rings. The Hall–Kier alpha value is -2.05. The van der Waals surface area contributed by atoms with Crippen molar-refractivity contribution in [1.82, 2.24) is 20.0 Å². The molecule has 0 bridgehead atoms. The van der Waals surface area contributed by atoms with Crippen LogP contribution in [0.3, 0.4) is 0 Å². The lowest BCUT2D eigenvalue weighted by molar-refractivity contribution is -0.125. The van der Waals surface area contributed by atoms with E-state index in [0.717, 1.165) is 19.3 Å². The van der Waals surface area contributed by atoms with Crippen LogP contribution in [0, 0.1) is 0 Å². The molecular weight excluding hydrogens is 258 g/mol. The SMILES string of the molecule is Cn1cc(N)c(C(=O)N2CCCC2C(=O)NC2CC2)n1. The molecule has 3 N–H and O–H groups in total. The van der Waals surface area contributed by atoms with Gasteiger partial charge in [-0.2, -0.15) is 5.10 Å². The number of nitrogens with two attached hydrogens (primary N) is 1. The van der Waals surface area contributed by atoms with Gasteiger partial charge in [-0.05, 0) is 25.7 Å². The van der Waals surface area contributed by atoms with Crippen molar-refractivity contribution >= 4 is 17.5 Å². The lowest BCUT2D eigenvalue weighted by atomic mass is 10.2. The van der Waals surface area contributed by atoms with Crippen molar-refractivity contribution in [1.29, 1.82) is 0 Å². The van der Waals surface area contributed by atoms with E-state index < -0.39 is 0 Å². The third-order valence-corrected chi connectivity index (χ3v) is 3.80. The number of nitrogen functional groups attached to an aromatic ring is 1. The lowest BCUT2D eigenvalue weighted by Crippen LogP contribution is -2.46. The summed E-state index contributed by atoms with van der Waals surface area (Å²) < 4.78 is 1.51. The Morgan fingerprint density at radius 3 is 2.75 bits per heavy atom. The number of amides is 2. The van der Waals surface area contributed by atoms with Crippen LogP contribution in [0.2, 0.25) is 0 Å². The normalized spacial score (nSPS) is 22.1. The second kappa shape index (κ2) is 4.81. The van der Waals surface area contributed by atoms with Crippen LogP contribution >= 0.6 is 0 Å². The number of anilines is 1. The van der Waals surface area contributed by atoms with Crippen molar-refractivity contribution in [2.24, 2.45) is 7.05 Å². The van der Waals surface area contributed by atoms with Gasteiger partial charge >= 0.3 is 0 Å². The molecular formula is C13H19N5O2. The van der Waals surface area contributed by atoms with E-state index in [2.05, 4.69) is 10.4 Å². The Morgan fingerprint density at radius 2 is 2.15 bits per heavy atom. The van der Waals surface area contributed by atoms with Gasteiger partial charge in [0, 0.05) is 25.8 Å². The minimum Gasteiger partial charge on any atom is -0.396 e. The first-order valence-corrected chi connectivity index (χ1v) is 6.96. The molecule has 108 valence electrons. The Balaban J connectivity index is 1.75. The second-order valence-electron chi connectivity index (χ2n) is 5.55. The van der Waals surface area contributed by atoms with Gasteiger partial charge in [0.2, 0.25) is 5.91 Å². The number of likely N-dealkylation sites (tertiary alicyclic amines) is 1. The van der Waals surface area contributed by atoms with E-state index in [9.17, 15) is 9.59 Å². The summed E-state index contributed by atoms with van der Waals surface area (Å²) >= 11 is 0. The van der Waals surface area contributed by atoms with Crippen LogP contribution in [0.15, 0.2) is 6.20 Å². The summed E-state index contributed by atoms with van der Waals surface area (Å²) in [5.74, 6) is -0.301. The summed E-state index contributed by atoms with van der Waals surface area (Å²) in [6.45, 7) is 0.581. The van der Waals surface area contributed by atoms with E-state index in [1.807, 2.05) is 0 Å². The lowest BCUT2D eigenvalue weighted by Gasteiger charge is -2.23. The van der Waals surface area contributed by atoms with Gasteiger partial charge in [0.25, 0.3) is 5.91 Å². The number of hydrogen-bond acceptors (Lipinski definition) is 4. The molecule has 1 saturated carbocycles. The van der Waals surface area contributed by atoms with Gasteiger partial charge < -0.3 is 16.0 Å². The molecule has 2 heterocycles. The number of rotatable bonds is 3. The van der Waals surface area contributed by atoms with Gasteiger partial charge in [-0.3, -0.25) is 14.3 Å². The quantitative estimate of drug-likeness (QED) is 0.806. The molecule has 2 aliphatic rings. The highest BCUT2D eigenvalue weighted by atomic mass is 16.2. The summed E-state index contributed by atoms with van der Waals surface area (Å²) in [4.78, 5) is 26.3. The number of nitrogens with zero attached hydrogens (tertiary/aromatic N) is 3. The van der Waals surface area contributed by atoms with Crippen LogP contribution in [0.1, 0.15) is 36.2 Å². The van der Waals surface area contributed by atoms with Crippen LogP contribution in [0.4, 0.5) is 5.69 Å². The average molecular weight is 277 g/mol. The molecule has 1 atom stereocenters. The predicted octanol–water partition coefficient (Wildman–Crippen LogP) is -0.114. The molecule has 1 saturated heterocycles. The number of carbonyl (C=O) groups is 2. The van der Waals surface area contributed by atoms with Crippen molar-refractivity contribution in [3.05, 3.63) is 11.9 Å². The third-order valence-electron chi connectivity index (χ3n) is 3.80. The molecule has 1 aliphatic heterocycles. The first-order chi connectivity index (χ1) is 9.56. The zero-order valence-corrected chi connectivity index (χ0v) is 11.5. The van der Waals surface area contributed by atoms with E-state index in [4.69, 9.17) is 5.73 Å². The highest BCUT2D eigenvalue weighted by molar-refractivity contribution is 6.00. The van der Waals surface area contributed by atoms with Crippen molar-refractivity contribution in [2.75, 3.05) is 12.3 Å². The van der Waals surface area contributed by atoms with E-state index in [1.165, 1.54) is 4.68 Å². The van der Waals surface area contributed by atoms with Gasteiger partial charge in [0.05, 0.1) is 5.69 Å². The smallest absolute Gasteiger partial charge is 0.277 e. The molecule has 20 heavy (non-hydrogen) atoms. The number of nitrogens with one attached hydrogen (secondary N) is 1. The maximum atomic E-state index is 12.5. The van der Waals surface area contributed by atoms with Crippen molar-refractivity contribution < 1.29 is 9.59 Å². The molecule has 1 unspecified atom stereocenters. The van der Waals surface area contributed by atoms with E-state index in [0.29, 0.717) is 24.7 Å². The minimum atomic E-state index is -0.385. The molecule has 0 spiro atoms. The van der Waals surface area contributed by atoms with Crippen molar-refractivity contribution in [3.63, 3.8) is 0 Å². The maximum Gasteiger partial charge on any atom is 0.277 e. The van der Waals surface area contributed by atoms with Crippen LogP contribution in [-0.4, -0.2) is 45.1 Å². The first kappa shape index (κ1) is 13.0. The molecule has 7 nitrogen and oxygen atoms in total. The summed E-state index contributed by atoms with van der Waals surface area (Å²) in [5.41, 5.74) is 6.38. The topological polar surface area (TPSA) is 93.2 Å². The monoisotopic (exact) mass is 277 g/mol. The largest absolute Gasteiger partial charge is 0.396 e. The first-order valence-electron chi connectivity index (χ1n) is 6.96. The zero-order valence-electron chi connectivity index (χ0n) is 11.5. The fraction of sp³-hybridized carbons (Fsp3) is 0.615. The van der Waals surface area contributed by atoms with Crippen LogP contribution in [0.5, 0.6) is 0 Å². The predicted molar refractivity (Wildman–Crippen MR) is 72.8 cm³/mol. The number of aryl methyl sites for hydroxylation is 1. The van der Waals surface area contributed by atoms with Gasteiger partial charge in [-0.25, -0.2) is 0 Å². The van der Waals surface area contributed by atoms with E-state index in [1.54, 1.807) is 18.1 Å². The maximum absolute atomic E-state index is 12.5. The Bertz CT molecular complexity index is 549. The van der Waals surface area contributed by atoms with Crippen molar-refractivity contribution in [2.45, 2.75) is 37.8 Å². The molecule has 1 aromatic heterocycles. The van der Waals surface area contributed by atoms with Gasteiger partial charge in [0.1, 0.15) is 6.04 Å². The molecule has 3 rings (SSSR count). The van der Waals surface area contributed by atoms with Crippen LogP contribution in [0.25, 0.3) is 0 Å². The van der Waals surface area contributed by atoms with Crippen molar-refractivity contribution in [3.8, 4) is 0 Å². The molecule has 7 heteroatoms. The van der Waals surface area contributed by atoms with Crippen LogP contribution in [-0.2, 0) is 11.8 Å². The fourth-order valence-electron chi connectivity index (χ4n) is 2.62. The highest BCUT2D eigenvalue weighted by Gasteiger charge is 2.37. The fourth-order valence-corrected chi connectivity index (χ4v) is 2.62. The summed E-state index contributed by atoms with van der Waals surface area (Å²) in [6.07, 6.45) is 5.22. The molecule has 0 radical (unpaired) electrons. The molecule has 0 aromatic carbocycles. The molecule has 2 amide bonds. The standard InChI is InChI=1S/C13H19N5O2/c1-17-7-9(14)11(16-17)13(20)18-6-2-3-10(18)12(19)15-8-4-5-8/h7-8,10H,2-6,14H2,1H3,(H,15,19). The highest BCUT2D eigenvalue weighted by Crippen LogP contribution is 2.24. The van der Waals surface area contributed by atoms with Gasteiger partial charge in [-0.1, -0.05) is 0 Å². The Labute approximate surface area is 117 Å².